The second kappa shape index (κ2) is 9.92. The molecule has 2 aromatic carbocycles. The van der Waals surface area contributed by atoms with Crippen molar-refractivity contribution in [1.29, 1.82) is 0 Å². The molecule has 2 aromatic rings. The summed E-state index contributed by atoms with van der Waals surface area (Å²) in [6.07, 6.45) is 2.02. The molecule has 3 N–H and O–H groups in total. The van der Waals surface area contributed by atoms with Crippen LogP contribution in [0.1, 0.15) is 48.5 Å². The van der Waals surface area contributed by atoms with E-state index < -0.39 is 17.0 Å². The van der Waals surface area contributed by atoms with Crippen molar-refractivity contribution >= 4 is 28.3 Å². The number of ether oxygens (including phenoxy) is 1. The van der Waals surface area contributed by atoms with Gasteiger partial charge in [0.1, 0.15) is 11.3 Å². The number of aromatic carboxylic acids is 1. The maximum absolute atomic E-state index is 13.2. The molecule has 2 aliphatic rings. The molecule has 0 bridgehead atoms. The SMILES string of the molecule is CCN(CC)CCCNc1ccccc1S(=O)Nc1ccc2c(c1C(=O)O)OCC1CC21. The monoisotopic (exact) mass is 457 g/mol. The summed E-state index contributed by atoms with van der Waals surface area (Å²) in [5.74, 6) is 0.221. The molecule has 0 amide bonds. The van der Waals surface area contributed by atoms with Crippen molar-refractivity contribution in [2.45, 2.75) is 37.5 Å². The van der Waals surface area contributed by atoms with Crippen LogP contribution in [0.15, 0.2) is 41.3 Å². The van der Waals surface area contributed by atoms with Gasteiger partial charge in [0.25, 0.3) is 0 Å². The lowest BCUT2D eigenvalue weighted by molar-refractivity contribution is 0.0692. The van der Waals surface area contributed by atoms with E-state index in [0.717, 1.165) is 50.3 Å². The highest BCUT2D eigenvalue weighted by molar-refractivity contribution is 7.86. The van der Waals surface area contributed by atoms with E-state index >= 15 is 0 Å². The Kier molecular flexibility index (Phi) is 7.01. The summed E-state index contributed by atoms with van der Waals surface area (Å²) in [5, 5.41) is 13.2. The predicted octanol–water partition coefficient (Wildman–Crippen LogP) is 4.16. The number of fused-ring (bicyclic) bond motifs is 3. The fourth-order valence-corrected chi connectivity index (χ4v) is 5.36. The van der Waals surface area contributed by atoms with E-state index in [1.807, 2.05) is 24.3 Å². The standard InChI is InChI=1S/C24H31N3O4S/c1-3-27(4-2)13-7-12-25-19-8-5-6-9-21(19)32(30)26-20-11-10-17-18-14-16(18)15-31-23(17)22(20)24(28)29/h5-6,8-11,16,18,25-26H,3-4,7,12-15H2,1-2H3,(H,28,29). The highest BCUT2D eigenvalue weighted by Gasteiger charge is 2.45. The van der Waals surface area contributed by atoms with E-state index in [1.165, 1.54) is 0 Å². The molecule has 32 heavy (non-hydrogen) atoms. The largest absolute Gasteiger partial charge is 0.492 e. The molecule has 3 atom stereocenters. The maximum Gasteiger partial charge on any atom is 0.341 e. The number of carboxylic acids is 1. The van der Waals surface area contributed by atoms with Gasteiger partial charge in [-0.25, -0.2) is 9.00 Å². The van der Waals surface area contributed by atoms with Crippen molar-refractivity contribution in [3.63, 3.8) is 0 Å². The summed E-state index contributed by atoms with van der Waals surface area (Å²) in [6.45, 7) is 8.67. The fraction of sp³-hybridized carbons (Fsp3) is 0.458. The number of hydrogen-bond donors (Lipinski definition) is 3. The summed E-state index contributed by atoms with van der Waals surface area (Å²) >= 11 is 0. The number of anilines is 2. The van der Waals surface area contributed by atoms with Gasteiger partial charge >= 0.3 is 5.97 Å². The molecule has 7 nitrogen and oxygen atoms in total. The van der Waals surface area contributed by atoms with E-state index in [1.54, 1.807) is 12.1 Å². The van der Waals surface area contributed by atoms with E-state index in [-0.39, 0.29) is 5.56 Å². The lowest BCUT2D eigenvalue weighted by atomic mass is 10.0. The van der Waals surface area contributed by atoms with Crippen LogP contribution in [0.2, 0.25) is 0 Å². The van der Waals surface area contributed by atoms with E-state index in [9.17, 15) is 14.1 Å². The van der Waals surface area contributed by atoms with Gasteiger partial charge in [-0.05, 0) is 62.2 Å². The van der Waals surface area contributed by atoms with Crippen LogP contribution in [0.4, 0.5) is 11.4 Å². The molecule has 0 radical (unpaired) electrons. The molecule has 0 saturated heterocycles. The Hall–Kier alpha value is -2.58. The number of rotatable bonds is 11. The molecule has 1 heterocycles. The first kappa shape index (κ1) is 22.6. The number of nitrogens with one attached hydrogen (secondary N) is 2. The molecule has 172 valence electrons. The molecule has 0 aromatic heterocycles. The minimum atomic E-state index is -1.63. The van der Waals surface area contributed by atoms with E-state index in [4.69, 9.17) is 4.74 Å². The molecule has 1 saturated carbocycles. The van der Waals surface area contributed by atoms with Crippen molar-refractivity contribution in [1.82, 2.24) is 4.90 Å². The van der Waals surface area contributed by atoms with Crippen LogP contribution in [0.3, 0.4) is 0 Å². The molecule has 8 heteroatoms. The number of benzene rings is 2. The molecular formula is C24H31N3O4S. The second-order valence-corrected chi connectivity index (χ2v) is 9.48. The summed E-state index contributed by atoms with van der Waals surface area (Å²) < 4.78 is 21.9. The van der Waals surface area contributed by atoms with Crippen molar-refractivity contribution in [2.75, 3.05) is 42.8 Å². The highest BCUT2D eigenvalue weighted by Crippen LogP contribution is 2.55. The van der Waals surface area contributed by atoms with Gasteiger partial charge in [0.2, 0.25) is 0 Å². The lowest BCUT2D eigenvalue weighted by Gasteiger charge is -2.21. The zero-order valence-corrected chi connectivity index (χ0v) is 19.4. The third kappa shape index (κ3) is 4.76. The van der Waals surface area contributed by atoms with Gasteiger partial charge in [-0.2, -0.15) is 0 Å². The molecule has 4 rings (SSSR count). The van der Waals surface area contributed by atoms with Crippen LogP contribution >= 0.6 is 0 Å². The normalized spacial score (nSPS) is 19.5. The summed E-state index contributed by atoms with van der Waals surface area (Å²) in [6, 6.07) is 11.0. The first-order chi connectivity index (χ1) is 15.5. The summed E-state index contributed by atoms with van der Waals surface area (Å²) in [5.41, 5.74) is 2.10. The minimum absolute atomic E-state index is 0.0610. The zero-order chi connectivity index (χ0) is 22.7. The number of carboxylic acid groups (broad SMARTS) is 1. The average molecular weight is 458 g/mol. The average Bonchev–Trinajstić information content (AvgIpc) is 3.59. The van der Waals surface area contributed by atoms with Crippen LogP contribution in [-0.4, -0.2) is 53.0 Å². The van der Waals surface area contributed by atoms with Gasteiger partial charge in [-0.3, -0.25) is 0 Å². The van der Waals surface area contributed by atoms with Crippen LogP contribution < -0.4 is 14.8 Å². The van der Waals surface area contributed by atoms with Crippen molar-refractivity contribution in [3.05, 3.63) is 47.5 Å². The molecule has 1 aliphatic heterocycles. The van der Waals surface area contributed by atoms with Crippen LogP contribution in [0, 0.1) is 5.92 Å². The van der Waals surface area contributed by atoms with Gasteiger partial charge in [-0.15, -0.1) is 0 Å². The molecule has 1 fully saturated rings. The molecule has 1 aliphatic carbocycles. The van der Waals surface area contributed by atoms with Crippen LogP contribution in [0.5, 0.6) is 5.75 Å². The Bertz CT molecular complexity index is 1010. The first-order valence-corrected chi connectivity index (χ1v) is 12.4. The van der Waals surface area contributed by atoms with Gasteiger partial charge in [-0.1, -0.05) is 32.0 Å². The Morgan fingerprint density at radius 1 is 1.19 bits per heavy atom. The fourth-order valence-electron chi connectivity index (χ4n) is 4.34. The summed E-state index contributed by atoms with van der Waals surface area (Å²) in [4.78, 5) is 15.0. The minimum Gasteiger partial charge on any atom is -0.492 e. The topological polar surface area (TPSA) is 90.9 Å². The van der Waals surface area contributed by atoms with Gasteiger partial charge in [0.05, 0.1) is 22.9 Å². The Morgan fingerprint density at radius 2 is 1.97 bits per heavy atom. The number of para-hydroxylation sites is 1. The van der Waals surface area contributed by atoms with Gasteiger partial charge in [0.15, 0.2) is 11.0 Å². The van der Waals surface area contributed by atoms with Crippen molar-refractivity contribution in [2.24, 2.45) is 5.92 Å². The summed E-state index contributed by atoms with van der Waals surface area (Å²) in [7, 11) is -1.63. The lowest BCUT2D eigenvalue weighted by Crippen LogP contribution is -2.25. The molecule has 3 unspecified atom stereocenters. The quantitative estimate of drug-likeness (QED) is 0.439. The smallest absolute Gasteiger partial charge is 0.341 e. The molecule has 0 spiro atoms. The van der Waals surface area contributed by atoms with Crippen LogP contribution in [-0.2, 0) is 11.0 Å². The van der Waals surface area contributed by atoms with Crippen molar-refractivity contribution in [3.8, 4) is 5.75 Å². The van der Waals surface area contributed by atoms with Crippen molar-refractivity contribution < 1.29 is 18.8 Å². The first-order valence-electron chi connectivity index (χ1n) is 11.3. The third-order valence-electron chi connectivity index (χ3n) is 6.32. The molecular weight excluding hydrogens is 426 g/mol. The van der Waals surface area contributed by atoms with Gasteiger partial charge < -0.3 is 24.8 Å². The number of nitrogens with zero attached hydrogens (tertiary/aromatic N) is 1. The number of hydrogen-bond acceptors (Lipinski definition) is 5. The predicted molar refractivity (Wildman–Crippen MR) is 127 cm³/mol. The highest BCUT2D eigenvalue weighted by atomic mass is 32.2. The Balaban J connectivity index is 1.48. The number of carbonyl (C=O) groups is 1. The van der Waals surface area contributed by atoms with E-state index in [0.29, 0.717) is 34.8 Å². The zero-order valence-electron chi connectivity index (χ0n) is 18.6. The maximum atomic E-state index is 13.2. The third-order valence-corrected chi connectivity index (χ3v) is 7.48. The Morgan fingerprint density at radius 3 is 2.72 bits per heavy atom. The van der Waals surface area contributed by atoms with Crippen LogP contribution in [0.25, 0.3) is 0 Å². The second-order valence-electron chi connectivity index (χ2n) is 8.30. The van der Waals surface area contributed by atoms with E-state index in [2.05, 4.69) is 28.8 Å². The Labute approximate surface area is 191 Å². The van der Waals surface area contributed by atoms with Gasteiger partial charge in [0, 0.05) is 12.5 Å².